The van der Waals surface area contributed by atoms with Gasteiger partial charge in [-0.05, 0) is 13.0 Å². The van der Waals surface area contributed by atoms with Crippen LogP contribution in [0.1, 0.15) is 6.92 Å². The van der Waals surface area contributed by atoms with E-state index in [9.17, 15) is 9.59 Å². The Morgan fingerprint density at radius 2 is 2.00 bits per heavy atom. The molecule has 0 unspecified atom stereocenters. The van der Waals surface area contributed by atoms with Gasteiger partial charge < -0.3 is 0 Å². The Hall–Kier alpha value is -1.64. The number of hydrogen-bond donors (Lipinski definition) is 0. The molecule has 1 saturated heterocycles. The average Bonchev–Trinajstić information content (AvgIpc) is 2.31. The molecule has 13 heavy (non-hydrogen) atoms. The molecule has 1 aliphatic heterocycles. The molecule has 0 aromatic carbocycles. The summed E-state index contributed by atoms with van der Waals surface area (Å²) in [4.78, 5) is 24.0. The first-order valence-corrected chi connectivity index (χ1v) is 4.01. The van der Waals surface area contributed by atoms with Gasteiger partial charge in [0.05, 0.1) is 5.57 Å². The number of rotatable bonds is 2. The second-order valence-electron chi connectivity index (χ2n) is 2.65. The summed E-state index contributed by atoms with van der Waals surface area (Å²) < 4.78 is 0. The standard InChI is InChI=1S/C10H11NO2/c1-4-6-8-7(3)9(12)11(5-2)10(8)13/h4,6H,1,3,5H2,2H3/b8-6+. The highest BCUT2D eigenvalue weighted by atomic mass is 16.2. The summed E-state index contributed by atoms with van der Waals surface area (Å²) in [5.41, 5.74) is 0.605. The van der Waals surface area contributed by atoms with E-state index >= 15 is 0 Å². The van der Waals surface area contributed by atoms with Crippen LogP contribution in [0.4, 0.5) is 0 Å². The molecule has 2 amide bonds. The highest BCUT2D eigenvalue weighted by molar-refractivity contribution is 6.24. The number of carbonyl (C=O) groups is 2. The van der Waals surface area contributed by atoms with E-state index in [0.717, 1.165) is 4.90 Å². The van der Waals surface area contributed by atoms with E-state index in [4.69, 9.17) is 0 Å². The monoisotopic (exact) mass is 177 g/mol. The van der Waals surface area contributed by atoms with Crippen LogP contribution >= 0.6 is 0 Å². The van der Waals surface area contributed by atoms with E-state index < -0.39 is 0 Å². The fraction of sp³-hybridized carbons (Fsp3) is 0.200. The number of imide groups is 1. The molecule has 3 heteroatoms. The summed E-state index contributed by atoms with van der Waals surface area (Å²) in [6.45, 7) is 9.16. The quantitative estimate of drug-likeness (QED) is 0.467. The van der Waals surface area contributed by atoms with E-state index in [1.807, 2.05) is 0 Å². The summed E-state index contributed by atoms with van der Waals surface area (Å²) in [5.74, 6) is -0.585. The molecule has 3 nitrogen and oxygen atoms in total. The number of amides is 2. The van der Waals surface area contributed by atoms with Gasteiger partial charge in [-0.2, -0.15) is 0 Å². The Morgan fingerprint density at radius 1 is 1.38 bits per heavy atom. The number of likely N-dealkylation sites (tertiary alicyclic amines) is 1. The molecular weight excluding hydrogens is 166 g/mol. The summed E-state index contributed by atoms with van der Waals surface area (Å²) in [7, 11) is 0. The number of hydrogen-bond acceptors (Lipinski definition) is 2. The number of allylic oxidation sites excluding steroid dienone is 2. The normalized spacial score (nSPS) is 20.2. The zero-order chi connectivity index (χ0) is 10.0. The van der Waals surface area contributed by atoms with Crippen molar-refractivity contribution in [2.24, 2.45) is 0 Å². The van der Waals surface area contributed by atoms with Gasteiger partial charge in [-0.15, -0.1) is 0 Å². The highest BCUT2D eigenvalue weighted by Gasteiger charge is 2.35. The first kappa shape index (κ1) is 9.45. The molecule has 1 rings (SSSR count). The van der Waals surface area contributed by atoms with Crippen LogP contribution in [-0.4, -0.2) is 23.3 Å². The summed E-state index contributed by atoms with van der Waals surface area (Å²) in [5, 5.41) is 0. The van der Waals surface area contributed by atoms with Crippen molar-refractivity contribution in [3.05, 3.63) is 36.5 Å². The molecule has 1 aliphatic rings. The van der Waals surface area contributed by atoms with Gasteiger partial charge in [-0.3, -0.25) is 14.5 Å². The predicted octanol–water partition coefficient (Wildman–Crippen LogP) is 1.04. The van der Waals surface area contributed by atoms with Crippen molar-refractivity contribution in [2.75, 3.05) is 6.54 Å². The minimum atomic E-state index is -0.305. The molecule has 0 saturated carbocycles. The Morgan fingerprint density at radius 3 is 2.38 bits per heavy atom. The van der Waals surface area contributed by atoms with Crippen LogP contribution in [0, 0.1) is 0 Å². The van der Waals surface area contributed by atoms with E-state index in [0.29, 0.717) is 12.1 Å². The molecule has 0 spiro atoms. The molecule has 0 N–H and O–H groups in total. The largest absolute Gasteiger partial charge is 0.275 e. The van der Waals surface area contributed by atoms with Crippen molar-refractivity contribution >= 4 is 11.8 Å². The SMILES string of the molecule is C=C/C=C1\C(=C)C(=O)N(CC)C1=O. The van der Waals surface area contributed by atoms with Gasteiger partial charge in [-0.25, -0.2) is 0 Å². The van der Waals surface area contributed by atoms with Crippen LogP contribution in [0.5, 0.6) is 0 Å². The smallest absolute Gasteiger partial charge is 0.261 e. The summed E-state index contributed by atoms with van der Waals surface area (Å²) in [6.07, 6.45) is 2.99. The van der Waals surface area contributed by atoms with Crippen molar-refractivity contribution in [1.29, 1.82) is 0 Å². The Balaban J connectivity index is 3.12. The van der Waals surface area contributed by atoms with Crippen molar-refractivity contribution in [3.8, 4) is 0 Å². The topological polar surface area (TPSA) is 37.4 Å². The van der Waals surface area contributed by atoms with Crippen molar-refractivity contribution < 1.29 is 9.59 Å². The number of likely N-dealkylation sites (N-methyl/N-ethyl adjacent to an activating group) is 1. The van der Waals surface area contributed by atoms with Gasteiger partial charge in [-0.1, -0.05) is 19.2 Å². The lowest BCUT2D eigenvalue weighted by molar-refractivity contribution is -0.136. The molecule has 0 aromatic heterocycles. The molecule has 1 fully saturated rings. The first-order chi connectivity index (χ1) is 6.13. The third-order valence-corrected chi connectivity index (χ3v) is 1.90. The van der Waals surface area contributed by atoms with E-state index in [1.165, 1.54) is 12.2 Å². The van der Waals surface area contributed by atoms with Crippen LogP contribution in [0.25, 0.3) is 0 Å². The van der Waals surface area contributed by atoms with Crippen molar-refractivity contribution in [1.82, 2.24) is 4.90 Å². The minimum absolute atomic E-state index is 0.256. The molecule has 0 aliphatic carbocycles. The molecule has 0 bridgehead atoms. The van der Waals surface area contributed by atoms with Gasteiger partial charge in [0.1, 0.15) is 0 Å². The third-order valence-electron chi connectivity index (χ3n) is 1.90. The molecule has 1 heterocycles. The van der Waals surface area contributed by atoms with Crippen LogP contribution in [0.15, 0.2) is 36.5 Å². The fourth-order valence-corrected chi connectivity index (χ4v) is 1.22. The van der Waals surface area contributed by atoms with Crippen LogP contribution in [-0.2, 0) is 9.59 Å². The minimum Gasteiger partial charge on any atom is -0.275 e. The van der Waals surface area contributed by atoms with Crippen LogP contribution in [0.2, 0.25) is 0 Å². The predicted molar refractivity (Wildman–Crippen MR) is 49.8 cm³/mol. The third kappa shape index (κ3) is 1.33. The maximum Gasteiger partial charge on any atom is 0.261 e. The van der Waals surface area contributed by atoms with Crippen molar-refractivity contribution in [3.63, 3.8) is 0 Å². The molecule has 0 aromatic rings. The Labute approximate surface area is 77.0 Å². The van der Waals surface area contributed by atoms with E-state index in [1.54, 1.807) is 6.92 Å². The molecule has 0 atom stereocenters. The van der Waals surface area contributed by atoms with E-state index in [2.05, 4.69) is 13.2 Å². The number of nitrogens with zero attached hydrogens (tertiary/aromatic N) is 1. The Kier molecular flexibility index (Phi) is 2.46. The zero-order valence-corrected chi connectivity index (χ0v) is 7.54. The van der Waals surface area contributed by atoms with Crippen molar-refractivity contribution in [2.45, 2.75) is 6.92 Å². The molecule has 0 radical (unpaired) electrons. The second kappa shape index (κ2) is 3.39. The highest BCUT2D eigenvalue weighted by Crippen LogP contribution is 2.22. The average molecular weight is 177 g/mol. The summed E-state index contributed by atoms with van der Waals surface area (Å²) in [6, 6.07) is 0. The second-order valence-corrected chi connectivity index (χ2v) is 2.65. The summed E-state index contributed by atoms with van der Waals surface area (Å²) >= 11 is 0. The lowest BCUT2D eigenvalue weighted by Gasteiger charge is -2.07. The van der Waals surface area contributed by atoms with Gasteiger partial charge in [0.15, 0.2) is 0 Å². The molecule has 68 valence electrons. The zero-order valence-electron chi connectivity index (χ0n) is 7.54. The van der Waals surface area contributed by atoms with Gasteiger partial charge in [0.2, 0.25) is 0 Å². The first-order valence-electron chi connectivity index (χ1n) is 4.01. The fourth-order valence-electron chi connectivity index (χ4n) is 1.22. The van der Waals surface area contributed by atoms with Gasteiger partial charge in [0, 0.05) is 12.1 Å². The van der Waals surface area contributed by atoms with Gasteiger partial charge in [0.25, 0.3) is 11.8 Å². The lowest BCUT2D eigenvalue weighted by Crippen LogP contribution is -2.28. The van der Waals surface area contributed by atoms with Crippen LogP contribution < -0.4 is 0 Å². The molecular formula is C10H11NO2. The van der Waals surface area contributed by atoms with Gasteiger partial charge >= 0.3 is 0 Å². The van der Waals surface area contributed by atoms with Crippen LogP contribution in [0.3, 0.4) is 0 Å². The number of carbonyl (C=O) groups excluding carboxylic acids is 2. The maximum atomic E-state index is 11.5. The Bertz CT molecular complexity index is 326. The van der Waals surface area contributed by atoms with E-state index in [-0.39, 0.29) is 17.4 Å². The maximum absolute atomic E-state index is 11.5. The lowest BCUT2D eigenvalue weighted by atomic mass is 10.1.